The molecule has 21 heavy (non-hydrogen) atoms. The van der Waals surface area contributed by atoms with Crippen molar-refractivity contribution in [1.29, 1.82) is 0 Å². The van der Waals surface area contributed by atoms with Crippen molar-refractivity contribution in [1.82, 2.24) is 15.3 Å². The molecule has 1 aliphatic carbocycles. The van der Waals surface area contributed by atoms with Crippen molar-refractivity contribution in [2.75, 3.05) is 13.7 Å². The number of methoxy groups -OCH3 is 1. The highest BCUT2D eigenvalue weighted by molar-refractivity contribution is 5.26. The first kappa shape index (κ1) is 16.4. The van der Waals surface area contributed by atoms with E-state index in [9.17, 15) is 0 Å². The summed E-state index contributed by atoms with van der Waals surface area (Å²) >= 11 is 0. The van der Waals surface area contributed by atoms with Crippen LogP contribution in [0.3, 0.4) is 0 Å². The molecule has 1 N–H and O–H groups in total. The maximum Gasteiger partial charge on any atom is 0.160 e. The minimum atomic E-state index is -0.261. The van der Waals surface area contributed by atoms with Gasteiger partial charge in [0.25, 0.3) is 0 Å². The average Bonchev–Trinajstić information content (AvgIpc) is 2.50. The summed E-state index contributed by atoms with van der Waals surface area (Å²) in [6.07, 6.45) is 6.92. The van der Waals surface area contributed by atoms with Gasteiger partial charge >= 0.3 is 0 Å². The summed E-state index contributed by atoms with van der Waals surface area (Å²) in [4.78, 5) is 9.61. The molecule has 118 valence electrons. The van der Waals surface area contributed by atoms with Gasteiger partial charge in [0.15, 0.2) is 5.82 Å². The van der Waals surface area contributed by atoms with E-state index in [1.165, 1.54) is 24.8 Å². The number of nitrogens with one attached hydrogen (secondary N) is 1. The second-order valence-electron chi connectivity index (χ2n) is 6.13. The van der Waals surface area contributed by atoms with Gasteiger partial charge in [0.2, 0.25) is 0 Å². The molecule has 1 aliphatic rings. The van der Waals surface area contributed by atoms with E-state index in [0.29, 0.717) is 0 Å². The molecule has 0 saturated heterocycles. The number of hydrogen-bond acceptors (Lipinski definition) is 4. The highest BCUT2D eigenvalue weighted by atomic mass is 16.5. The molecular formula is C17H29N3O. The fourth-order valence-electron chi connectivity index (χ4n) is 3.23. The van der Waals surface area contributed by atoms with E-state index in [-0.39, 0.29) is 5.60 Å². The van der Waals surface area contributed by atoms with Gasteiger partial charge in [-0.1, -0.05) is 26.2 Å². The summed E-state index contributed by atoms with van der Waals surface area (Å²) in [6, 6.07) is 0. The van der Waals surface area contributed by atoms with Gasteiger partial charge in [0.05, 0.1) is 0 Å². The van der Waals surface area contributed by atoms with E-state index < -0.39 is 0 Å². The lowest BCUT2D eigenvalue weighted by molar-refractivity contribution is -0.0517. The Morgan fingerprint density at radius 1 is 1.10 bits per heavy atom. The number of hydrogen-bond donors (Lipinski definition) is 1. The Morgan fingerprint density at radius 3 is 2.24 bits per heavy atom. The molecule has 0 spiro atoms. The van der Waals surface area contributed by atoms with Crippen LogP contribution in [-0.2, 0) is 16.9 Å². The molecule has 1 heterocycles. The van der Waals surface area contributed by atoms with E-state index in [4.69, 9.17) is 14.7 Å². The minimum absolute atomic E-state index is 0.261. The topological polar surface area (TPSA) is 47.0 Å². The first-order chi connectivity index (χ1) is 10.1. The van der Waals surface area contributed by atoms with Crippen molar-refractivity contribution in [3.05, 3.63) is 22.8 Å². The van der Waals surface area contributed by atoms with Crippen LogP contribution in [0.2, 0.25) is 0 Å². The SMILES string of the molecule is CCCNCc1c(C)nc(C2(OC)CCCCC2)nc1C. The van der Waals surface area contributed by atoms with E-state index >= 15 is 0 Å². The lowest BCUT2D eigenvalue weighted by Crippen LogP contribution is -2.34. The predicted molar refractivity (Wildman–Crippen MR) is 85.3 cm³/mol. The van der Waals surface area contributed by atoms with Crippen molar-refractivity contribution in [2.45, 2.75) is 71.4 Å². The number of aryl methyl sites for hydroxylation is 2. The second kappa shape index (κ2) is 7.32. The third-order valence-corrected chi connectivity index (χ3v) is 4.61. The predicted octanol–water partition coefficient (Wildman–Crippen LogP) is 3.40. The van der Waals surface area contributed by atoms with Crippen molar-refractivity contribution >= 4 is 0 Å². The van der Waals surface area contributed by atoms with Gasteiger partial charge in [-0.2, -0.15) is 0 Å². The Hall–Kier alpha value is -1.00. The van der Waals surface area contributed by atoms with Gasteiger partial charge in [-0.05, 0) is 39.7 Å². The van der Waals surface area contributed by atoms with E-state index in [1.807, 2.05) is 0 Å². The Balaban J connectivity index is 2.25. The summed E-state index contributed by atoms with van der Waals surface area (Å²) in [5.41, 5.74) is 3.14. The van der Waals surface area contributed by atoms with Crippen LogP contribution in [-0.4, -0.2) is 23.6 Å². The maximum absolute atomic E-state index is 5.87. The Labute approximate surface area is 128 Å². The third-order valence-electron chi connectivity index (χ3n) is 4.61. The molecule has 1 fully saturated rings. The quantitative estimate of drug-likeness (QED) is 0.816. The molecule has 0 bridgehead atoms. The molecule has 0 radical (unpaired) electrons. The van der Waals surface area contributed by atoms with Crippen molar-refractivity contribution in [3.8, 4) is 0 Å². The molecule has 1 aromatic rings. The summed E-state index contributed by atoms with van der Waals surface area (Å²) in [7, 11) is 1.80. The van der Waals surface area contributed by atoms with Crippen LogP contribution in [0.15, 0.2) is 0 Å². The van der Waals surface area contributed by atoms with E-state index in [1.54, 1.807) is 7.11 Å². The van der Waals surface area contributed by atoms with Crippen LogP contribution in [0, 0.1) is 13.8 Å². The average molecular weight is 291 g/mol. The van der Waals surface area contributed by atoms with Gasteiger partial charge in [-0.15, -0.1) is 0 Å². The molecule has 0 aromatic carbocycles. The van der Waals surface area contributed by atoms with Crippen LogP contribution < -0.4 is 5.32 Å². The van der Waals surface area contributed by atoms with E-state index in [2.05, 4.69) is 26.1 Å². The number of nitrogens with zero attached hydrogens (tertiary/aromatic N) is 2. The van der Waals surface area contributed by atoms with Crippen LogP contribution in [0.4, 0.5) is 0 Å². The van der Waals surface area contributed by atoms with Gasteiger partial charge in [-0.3, -0.25) is 0 Å². The normalized spacial score (nSPS) is 17.9. The number of rotatable bonds is 6. The largest absolute Gasteiger partial charge is 0.370 e. The third kappa shape index (κ3) is 3.61. The molecule has 1 aromatic heterocycles. The zero-order valence-corrected chi connectivity index (χ0v) is 14.0. The monoisotopic (exact) mass is 291 g/mol. The highest BCUT2D eigenvalue weighted by Gasteiger charge is 2.37. The van der Waals surface area contributed by atoms with Crippen LogP contribution in [0.1, 0.15) is 68.2 Å². The lowest BCUT2D eigenvalue weighted by Gasteiger charge is -2.35. The zero-order valence-electron chi connectivity index (χ0n) is 14.0. The number of aromatic nitrogens is 2. The Bertz CT molecular complexity index is 444. The molecule has 0 atom stereocenters. The summed E-state index contributed by atoms with van der Waals surface area (Å²) in [5, 5.41) is 3.44. The molecule has 0 aliphatic heterocycles. The summed E-state index contributed by atoms with van der Waals surface area (Å²) in [5.74, 6) is 0.888. The van der Waals surface area contributed by atoms with Gasteiger partial charge in [-0.25, -0.2) is 9.97 Å². The van der Waals surface area contributed by atoms with Gasteiger partial charge < -0.3 is 10.1 Å². The standard InChI is InChI=1S/C17H29N3O/c1-5-11-18-12-15-13(2)19-16(20-14(15)3)17(21-4)9-7-6-8-10-17/h18H,5-12H2,1-4H3. The van der Waals surface area contributed by atoms with E-state index in [0.717, 1.165) is 49.6 Å². The first-order valence-electron chi connectivity index (χ1n) is 8.23. The van der Waals surface area contributed by atoms with Crippen LogP contribution in [0.25, 0.3) is 0 Å². The fourth-order valence-corrected chi connectivity index (χ4v) is 3.23. The molecule has 4 nitrogen and oxygen atoms in total. The highest BCUT2D eigenvalue weighted by Crippen LogP contribution is 2.38. The Morgan fingerprint density at radius 2 is 1.71 bits per heavy atom. The second-order valence-corrected chi connectivity index (χ2v) is 6.13. The summed E-state index contributed by atoms with van der Waals surface area (Å²) < 4.78 is 5.87. The van der Waals surface area contributed by atoms with Crippen molar-refractivity contribution in [2.24, 2.45) is 0 Å². The number of ether oxygens (including phenoxy) is 1. The molecule has 1 saturated carbocycles. The van der Waals surface area contributed by atoms with Gasteiger partial charge in [0.1, 0.15) is 5.60 Å². The Kier molecular flexibility index (Phi) is 5.71. The lowest BCUT2D eigenvalue weighted by atomic mass is 9.83. The van der Waals surface area contributed by atoms with Crippen LogP contribution in [0.5, 0.6) is 0 Å². The van der Waals surface area contributed by atoms with Crippen LogP contribution >= 0.6 is 0 Å². The van der Waals surface area contributed by atoms with Crippen molar-refractivity contribution in [3.63, 3.8) is 0 Å². The first-order valence-corrected chi connectivity index (χ1v) is 8.23. The minimum Gasteiger partial charge on any atom is -0.370 e. The zero-order chi connectivity index (χ0) is 15.3. The maximum atomic E-state index is 5.87. The molecule has 0 amide bonds. The van der Waals surface area contributed by atoms with Gasteiger partial charge in [0, 0.05) is 30.6 Å². The molecular weight excluding hydrogens is 262 g/mol. The smallest absolute Gasteiger partial charge is 0.160 e. The van der Waals surface area contributed by atoms with Crippen molar-refractivity contribution < 1.29 is 4.74 Å². The molecule has 4 heteroatoms. The molecule has 2 rings (SSSR count). The summed E-state index contributed by atoms with van der Waals surface area (Å²) in [6.45, 7) is 8.24. The fraction of sp³-hybridized carbons (Fsp3) is 0.765. The molecule has 0 unspecified atom stereocenters.